The molecule has 19 heavy (non-hydrogen) atoms. The molecule has 0 aromatic rings. The Morgan fingerprint density at radius 1 is 1.16 bits per heavy atom. The van der Waals surface area contributed by atoms with E-state index in [1.165, 1.54) is 19.3 Å². The first kappa shape index (κ1) is 16.7. The van der Waals surface area contributed by atoms with E-state index in [9.17, 15) is 4.79 Å². The van der Waals surface area contributed by atoms with Gasteiger partial charge in [0.05, 0.1) is 0 Å². The van der Waals surface area contributed by atoms with Gasteiger partial charge in [-0.25, -0.2) is 0 Å². The van der Waals surface area contributed by atoms with E-state index in [1.807, 2.05) is 0 Å². The third-order valence-corrected chi connectivity index (χ3v) is 4.14. The maximum atomic E-state index is 11.9. The van der Waals surface area contributed by atoms with Gasteiger partial charge in [-0.2, -0.15) is 0 Å². The summed E-state index contributed by atoms with van der Waals surface area (Å²) in [6.07, 6.45) is 7.07. The van der Waals surface area contributed by atoms with Gasteiger partial charge < -0.3 is 15.5 Å². The second-order valence-electron chi connectivity index (χ2n) is 5.57. The van der Waals surface area contributed by atoms with Crippen LogP contribution in [0.25, 0.3) is 0 Å². The van der Waals surface area contributed by atoms with Crippen LogP contribution in [-0.4, -0.2) is 50.1 Å². The van der Waals surface area contributed by atoms with Gasteiger partial charge in [-0.1, -0.05) is 19.3 Å². The largest absolute Gasteiger partial charge is 0.356 e. The van der Waals surface area contributed by atoms with Crippen molar-refractivity contribution in [2.45, 2.75) is 38.5 Å². The van der Waals surface area contributed by atoms with E-state index in [1.54, 1.807) is 0 Å². The Morgan fingerprint density at radius 2 is 1.84 bits per heavy atom. The Kier molecular flexibility index (Phi) is 8.42. The lowest BCUT2D eigenvalue weighted by molar-refractivity contribution is -0.125. The minimum absolute atomic E-state index is 0. The van der Waals surface area contributed by atoms with Gasteiger partial charge in [-0.05, 0) is 25.8 Å². The van der Waals surface area contributed by atoms with Crippen LogP contribution in [0.1, 0.15) is 38.5 Å². The topological polar surface area (TPSA) is 44.4 Å². The van der Waals surface area contributed by atoms with Gasteiger partial charge in [0.25, 0.3) is 0 Å². The lowest BCUT2D eigenvalue weighted by Crippen LogP contribution is -2.44. The first-order chi connectivity index (χ1) is 8.86. The van der Waals surface area contributed by atoms with Crippen LogP contribution >= 0.6 is 12.4 Å². The van der Waals surface area contributed by atoms with Crippen LogP contribution in [0.15, 0.2) is 0 Å². The zero-order valence-corrected chi connectivity index (χ0v) is 12.6. The van der Waals surface area contributed by atoms with Gasteiger partial charge in [0.2, 0.25) is 5.91 Å². The summed E-state index contributed by atoms with van der Waals surface area (Å²) in [5.74, 6) is 0.605. The molecule has 0 bridgehead atoms. The number of piperazine rings is 1. The summed E-state index contributed by atoms with van der Waals surface area (Å²) in [4.78, 5) is 14.4. The van der Waals surface area contributed by atoms with E-state index in [4.69, 9.17) is 0 Å². The second kappa shape index (κ2) is 9.56. The molecule has 1 saturated carbocycles. The Morgan fingerprint density at radius 3 is 2.53 bits per heavy atom. The summed E-state index contributed by atoms with van der Waals surface area (Å²) < 4.78 is 0. The van der Waals surface area contributed by atoms with Crippen LogP contribution < -0.4 is 10.6 Å². The Hall–Kier alpha value is -0.320. The molecule has 1 amide bonds. The van der Waals surface area contributed by atoms with Crippen molar-refractivity contribution in [2.24, 2.45) is 5.92 Å². The summed E-state index contributed by atoms with van der Waals surface area (Å²) in [5, 5.41) is 6.47. The Bertz CT molecular complexity index is 251. The quantitative estimate of drug-likeness (QED) is 0.752. The molecule has 2 aliphatic rings. The summed E-state index contributed by atoms with van der Waals surface area (Å²) in [6.45, 7) is 6.47. The maximum Gasteiger partial charge on any atom is 0.223 e. The fraction of sp³-hybridized carbons (Fsp3) is 0.929. The summed E-state index contributed by atoms with van der Waals surface area (Å²) in [6, 6.07) is 0. The average molecular weight is 290 g/mol. The molecule has 0 spiro atoms. The second-order valence-corrected chi connectivity index (χ2v) is 5.57. The number of nitrogens with zero attached hydrogens (tertiary/aromatic N) is 1. The number of rotatable bonds is 5. The molecule has 1 saturated heterocycles. The molecule has 0 aromatic carbocycles. The average Bonchev–Trinajstić information content (AvgIpc) is 2.45. The van der Waals surface area contributed by atoms with Gasteiger partial charge in [0, 0.05) is 38.6 Å². The lowest BCUT2D eigenvalue weighted by atomic mass is 9.89. The van der Waals surface area contributed by atoms with Crippen LogP contribution in [0.5, 0.6) is 0 Å². The summed E-state index contributed by atoms with van der Waals surface area (Å²) in [7, 11) is 0. The first-order valence-corrected chi connectivity index (χ1v) is 7.57. The van der Waals surface area contributed by atoms with Crippen LogP contribution in [0.3, 0.4) is 0 Å². The monoisotopic (exact) mass is 289 g/mol. The van der Waals surface area contributed by atoms with Crippen molar-refractivity contribution >= 4 is 18.3 Å². The molecule has 1 heterocycles. The maximum absolute atomic E-state index is 11.9. The normalized spacial score (nSPS) is 21.7. The van der Waals surface area contributed by atoms with Gasteiger partial charge in [0.1, 0.15) is 0 Å². The van der Waals surface area contributed by atoms with Gasteiger partial charge in [-0.15, -0.1) is 12.4 Å². The third kappa shape index (κ3) is 6.11. The van der Waals surface area contributed by atoms with Crippen molar-refractivity contribution in [2.75, 3.05) is 39.3 Å². The van der Waals surface area contributed by atoms with Crippen molar-refractivity contribution in [3.05, 3.63) is 0 Å². The lowest BCUT2D eigenvalue weighted by Gasteiger charge is -2.27. The molecule has 2 N–H and O–H groups in total. The van der Waals surface area contributed by atoms with E-state index >= 15 is 0 Å². The molecule has 1 aliphatic carbocycles. The van der Waals surface area contributed by atoms with Crippen LogP contribution in [0, 0.1) is 5.92 Å². The third-order valence-electron chi connectivity index (χ3n) is 4.14. The van der Waals surface area contributed by atoms with E-state index in [-0.39, 0.29) is 12.4 Å². The van der Waals surface area contributed by atoms with Crippen LogP contribution in [-0.2, 0) is 4.79 Å². The van der Waals surface area contributed by atoms with Crippen molar-refractivity contribution in [3.8, 4) is 0 Å². The molecule has 0 aromatic heterocycles. The first-order valence-electron chi connectivity index (χ1n) is 7.57. The smallest absolute Gasteiger partial charge is 0.223 e. The van der Waals surface area contributed by atoms with E-state index < -0.39 is 0 Å². The molecule has 2 rings (SSSR count). The van der Waals surface area contributed by atoms with Crippen molar-refractivity contribution in [3.63, 3.8) is 0 Å². The Balaban J connectivity index is 0.00000180. The number of amides is 1. The Labute approximate surface area is 123 Å². The standard InChI is InChI=1S/C14H27N3O.ClH/c18-14(13-5-2-1-3-6-13)16-7-4-10-17-11-8-15-9-12-17;/h13,15H,1-12H2,(H,16,18);1H. The van der Waals surface area contributed by atoms with Crippen LogP contribution in [0.4, 0.5) is 0 Å². The van der Waals surface area contributed by atoms with Gasteiger partial charge in [0.15, 0.2) is 0 Å². The number of carbonyl (C=O) groups excluding carboxylic acids is 1. The molecular weight excluding hydrogens is 262 g/mol. The minimum atomic E-state index is 0. The molecule has 0 atom stereocenters. The highest BCUT2D eigenvalue weighted by molar-refractivity contribution is 5.85. The fourth-order valence-electron chi connectivity index (χ4n) is 2.96. The highest BCUT2D eigenvalue weighted by Gasteiger charge is 2.20. The molecule has 0 unspecified atom stereocenters. The number of hydrogen-bond donors (Lipinski definition) is 2. The predicted molar refractivity (Wildman–Crippen MR) is 80.8 cm³/mol. The molecule has 112 valence electrons. The highest BCUT2D eigenvalue weighted by Crippen LogP contribution is 2.23. The highest BCUT2D eigenvalue weighted by atomic mass is 35.5. The molecule has 1 aliphatic heterocycles. The van der Waals surface area contributed by atoms with Crippen molar-refractivity contribution in [1.29, 1.82) is 0 Å². The number of hydrogen-bond acceptors (Lipinski definition) is 3. The zero-order valence-electron chi connectivity index (χ0n) is 11.8. The van der Waals surface area contributed by atoms with E-state index in [0.29, 0.717) is 11.8 Å². The van der Waals surface area contributed by atoms with Crippen molar-refractivity contribution < 1.29 is 4.79 Å². The fourth-order valence-corrected chi connectivity index (χ4v) is 2.96. The minimum Gasteiger partial charge on any atom is -0.356 e. The van der Waals surface area contributed by atoms with E-state index in [0.717, 1.165) is 58.5 Å². The number of halogens is 1. The molecule has 4 nitrogen and oxygen atoms in total. The predicted octanol–water partition coefficient (Wildman–Crippen LogP) is 1.40. The SMILES string of the molecule is Cl.O=C(NCCCN1CCNCC1)C1CCCCC1. The molecule has 5 heteroatoms. The molecule has 0 radical (unpaired) electrons. The van der Waals surface area contributed by atoms with Crippen LogP contribution in [0.2, 0.25) is 0 Å². The molecule has 2 fully saturated rings. The number of nitrogens with one attached hydrogen (secondary N) is 2. The zero-order chi connectivity index (χ0) is 12.6. The summed E-state index contributed by atoms with van der Waals surface area (Å²) >= 11 is 0. The van der Waals surface area contributed by atoms with Crippen molar-refractivity contribution in [1.82, 2.24) is 15.5 Å². The summed E-state index contributed by atoms with van der Waals surface area (Å²) in [5.41, 5.74) is 0. The number of carbonyl (C=O) groups is 1. The molecular formula is C14H28ClN3O. The van der Waals surface area contributed by atoms with Gasteiger partial charge in [-0.3, -0.25) is 4.79 Å². The van der Waals surface area contributed by atoms with E-state index in [2.05, 4.69) is 15.5 Å². The van der Waals surface area contributed by atoms with Gasteiger partial charge >= 0.3 is 0 Å².